The van der Waals surface area contributed by atoms with Gasteiger partial charge in [-0.2, -0.15) is 0 Å². The summed E-state index contributed by atoms with van der Waals surface area (Å²) >= 11 is 8.88. The van der Waals surface area contributed by atoms with Crippen LogP contribution in [0.5, 0.6) is 0 Å². The van der Waals surface area contributed by atoms with Gasteiger partial charge in [0.1, 0.15) is 0 Å². The largest absolute Gasteiger partial charge is 0.366 e. The van der Waals surface area contributed by atoms with Crippen molar-refractivity contribution in [2.75, 3.05) is 0 Å². The second-order valence-electron chi connectivity index (χ2n) is 2.08. The summed E-state index contributed by atoms with van der Waals surface area (Å²) in [5.74, 6) is -0.450. The smallest absolute Gasteiger partial charge is 0.249 e. The van der Waals surface area contributed by atoms with Crippen molar-refractivity contribution in [1.82, 2.24) is 0 Å². The summed E-state index contributed by atoms with van der Waals surface area (Å²) in [7, 11) is 1.27. The number of benzene rings is 1. The van der Waals surface area contributed by atoms with E-state index in [1.54, 1.807) is 18.2 Å². The molecule has 1 amide bonds. The van der Waals surface area contributed by atoms with Gasteiger partial charge in [0.2, 0.25) is 5.91 Å². The van der Waals surface area contributed by atoms with E-state index in [1.807, 2.05) is 0 Å². The molecule has 5 heteroatoms. The van der Waals surface area contributed by atoms with E-state index < -0.39 is 5.91 Å². The second-order valence-corrected chi connectivity index (χ2v) is 4.08. The van der Waals surface area contributed by atoms with E-state index in [4.69, 9.17) is 17.3 Å². The molecule has 2 nitrogen and oxygen atoms in total. The van der Waals surface area contributed by atoms with E-state index in [0.717, 1.165) is 4.90 Å². The van der Waals surface area contributed by atoms with Crippen molar-refractivity contribution in [3.05, 3.63) is 28.8 Å². The third kappa shape index (κ3) is 2.15. The fourth-order valence-electron chi connectivity index (χ4n) is 0.764. The number of halogens is 2. The zero-order valence-electron chi connectivity index (χ0n) is 5.88. The highest BCUT2D eigenvalue weighted by Gasteiger charge is 2.07. The normalized spacial score (nSPS) is 9.83. The first-order chi connectivity index (χ1) is 5.65. The first-order valence-electron chi connectivity index (χ1n) is 3.03. The summed E-state index contributed by atoms with van der Waals surface area (Å²) in [5, 5.41) is 0.585. The van der Waals surface area contributed by atoms with E-state index in [2.05, 4.69) is 14.8 Å². The van der Waals surface area contributed by atoms with Crippen molar-refractivity contribution in [3.63, 3.8) is 0 Å². The number of primary amides is 1. The number of amides is 1. The predicted molar refractivity (Wildman–Crippen MR) is 54.8 cm³/mol. The van der Waals surface area contributed by atoms with Crippen molar-refractivity contribution < 1.29 is 4.79 Å². The Labute approximate surface area is 86.7 Å². The average molecular weight is 267 g/mol. The molecule has 0 aromatic heterocycles. The van der Waals surface area contributed by atoms with Gasteiger partial charge in [-0.05, 0) is 43.2 Å². The quantitative estimate of drug-likeness (QED) is 0.894. The topological polar surface area (TPSA) is 43.1 Å². The lowest BCUT2D eigenvalue weighted by atomic mass is 10.2. The lowest BCUT2D eigenvalue weighted by Crippen LogP contribution is -2.11. The fraction of sp³-hybridized carbons (Fsp3) is 0. The Morgan fingerprint density at radius 2 is 2.25 bits per heavy atom. The molecule has 1 aromatic carbocycles. The molecular weight excluding hydrogens is 262 g/mol. The summed E-state index contributed by atoms with van der Waals surface area (Å²) in [6.07, 6.45) is 0. The summed E-state index contributed by atoms with van der Waals surface area (Å²) < 4.78 is 0. The highest BCUT2D eigenvalue weighted by atomic mass is 79.9. The molecule has 12 heavy (non-hydrogen) atoms. The molecule has 0 aliphatic rings. The van der Waals surface area contributed by atoms with Crippen LogP contribution in [-0.2, 0) is 0 Å². The number of hydrogen-bond donors (Lipinski definition) is 1. The lowest BCUT2D eigenvalue weighted by molar-refractivity contribution is 0.0997. The molecule has 0 radical (unpaired) electrons. The Balaban J connectivity index is 3.20. The predicted octanol–water partition coefficient (Wildman–Crippen LogP) is 2.84. The van der Waals surface area contributed by atoms with Gasteiger partial charge in [-0.15, -0.1) is 0 Å². The Kier molecular flexibility index (Phi) is 3.43. The summed E-state index contributed by atoms with van der Waals surface area (Å²) in [5.41, 5.74) is 5.60. The molecule has 0 atom stereocenters. The maximum atomic E-state index is 10.8. The van der Waals surface area contributed by atoms with Crippen molar-refractivity contribution in [2.45, 2.75) is 4.90 Å². The summed E-state index contributed by atoms with van der Waals surface area (Å²) in [6.45, 7) is 0. The number of hydrogen-bond acceptors (Lipinski definition) is 2. The zero-order valence-corrected chi connectivity index (χ0v) is 9.04. The minimum Gasteiger partial charge on any atom is -0.366 e. The first-order valence-corrected chi connectivity index (χ1v) is 6.07. The molecule has 0 aliphatic heterocycles. The highest BCUT2D eigenvalue weighted by molar-refractivity contribution is 9.50. The number of carbonyl (C=O) groups excluding carboxylic acids is 1. The lowest BCUT2D eigenvalue weighted by Gasteiger charge is -2.01. The van der Waals surface area contributed by atoms with Gasteiger partial charge in [-0.1, -0.05) is 11.6 Å². The minimum atomic E-state index is -0.450. The van der Waals surface area contributed by atoms with Crippen LogP contribution in [0.3, 0.4) is 0 Å². The van der Waals surface area contributed by atoms with Crippen molar-refractivity contribution in [2.24, 2.45) is 5.73 Å². The first kappa shape index (κ1) is 9.89. The summed E-state index contributed by atoms with van der Waals surface area (Å²) in [6, 6.07) is 4.92. The molecule has 0 aliphatic carbocycles. The molecule has 64 valence electrons. The van der Waals surface area contributed by atoms with Gasteiger partial charge in [0, 0.05) is 9.92 Å². The van der Waals surface area contributed by atoms with E-state index in [9.17, 15) is 4.79 Å². The van der Waals surface area contributed by atoms with Gasteiger partial charge in [0.05, 0.1) is 5.56 Å². The van der Waals surface area contributed by atoms with E-state index in [1.165, 1.54) is 10.2 Å². The molecule has 0 fully saturated rings. The van der Waals surface area contributed by atoms with E-state index in [-0.39, 0.29) is 0 Å². The van der Waals surface area contributed by atoms with Crippen molar-refractivity contribution in [1.29, 1.82) is 0 Å². The van der Waals surface area contributed by atoms with Crippen LogP contribution < -0.4 is 5.73 Å². The standard InChI is InChI=1S/C7H5BrClNOS/c8-12-6-3-4(9)1-2-5(6)7(10)11/h1-3H,(H2,10,11). The average Bonchev–Trinajstić information content (AvgIpc) is 2.03. The molecular formula is C7H5BrClNOS. The molecule has 0 saturated carbocycles. The third-order valence-corrected chi connectivity index (χ3v) is 3.08. The monoisotopic (exact) mass is 265 g/mol. The van der Waals surface area contributed by atoms with Crippen LogP contribution in [0.4, 0.5) is 0 Å². The van der Waals surface area contributed by atoms with Crippen LogP contribution in [0.1, 0.15) is 10.4 Å². The van der Waals surface area contributed by atoms with Gasteiger partial charge in [-0.25, -0.2) is 0 Å². The number of rotatable bonds is 2. The van der Waals surface area contributed by atoms with Crippen LogP contribution in [0.15, 0.2) is 23.1 Å². The Bertz CT molecular complexity index is 318. The molecule has 0 spiro atoms. The highest BCUT2D eigenvalue weighted by Crippen LogP contribution is 2.30. The Hall–Kier alpha value is -0.190. The molecule has 1 rings (SSSR count). The molecule has 1 aromatic rings. The minimum absolute atomic E-state index is 0.450. The molecule has 0 saturated heterocycles. The maximum absolute atomic E-state index is 10.8. The Morgan fingerprint density at radius 1 is 1.58 bits per heavy atom. The van der Waals surface area contributed by atoms with Crippen LogP contribution in [0.25, 0.3) is 0 Å². The Morgan fingerprint density at radius 3 is 2.75 bits per heavy atom. The van der Waals surface area contributed by atoms with Gasteiger partial charge in [-0.3, -0.25) is 4.79 Å². The molecule has 2 N–H and O–H groups in total. The molecule has 0 bridgehead atoms. The van der Waals surface area contributed by atoms with Crippen molar-refractivity contribution in [3.8, 4) is 0 Å². The van der Waals surface area contributed by atoms with Gasteiger partial charge >= 0.3 is 0 Å². The number of carbonyl (C=O) groups is 1. The summed E-state index contributed by atoms with van der Waals surface area (Å²) in [4.78, 5) is 11.6. The SMILES string of the molecule is NC(=O)c1ccc(Cl)cc1SBr. The molecule has 0 heterocycles. The van der Waals surface area contributed by atoms with Gasteiger partial charge < -0.3 is 5.73 Å². The second kappa shape index (κ2) is 4.16. The van der Waals surface area contributed by atoms with Crippen molar-refractivity contribution >= 4 is 42.5 Å². The number of nitrogens with two attached hydrogens (primary N) is 1. The zero-order chi connectivity index (χ0) is 9.14. The van der Waals surface area contributed by atoms with Crippen LogP contribution in [0.2, 0.25) is 5.02 Å². The molecule has 0 unspecified atom stereocenters. The fourth-order valence-corrected chi connectivity index (χ4v) is 2.23. The van der Waals surface area contributed by atoms with Gasteiger partial charge in [0.25, 0.3) is 0 Å². The maximum Gasteiger partial charge on any atom is 0.249 e. The van der Waals surface area contributed by atoms with Crippen LogP contribution in [-0.4, -0.2) is 5.91 Å². The van der Waals surface area contributed by atoms with Crippen LogP contribution >= 0.6 is 36.6 Å². The van der Waals surface area contributed by atoms with E-state index >= 15 is 0 Å². The van der Waals surface area contributed by atoms with E-state index in [0.29, 0.717) is 10.6 Å². The van der Waals surface area contributed by atoms with Crippen LogP contribution in [0, 0.1) is 0 Å². The third-order valence-electron chi connectivity index (χ3n) is 1.29. The van der Waals surface area contributed by atoms with Gasteiger partial charge in [0.15, 0.2) is 0 Å².